The van der Waals surface area contributed by atoms with Crippen LogP contribution in [0, 0.1) is 6.57 Å². The molecule has 4 rings (SSSR count). The first kappa shape index (κ1) is 20.4. The molecule has 0 amide bonds. The lowest BCUT2D eigenvalue weighted by atomic mass is 9.97. The second-order valence-electron chi connectivity index (χ2n) is 7.25. The van der Waals surface area contributed by atoms with Crippen LogP contribution in [-0.2, 0) is 23.0 Å². The van der Waals surface area contributed by atoms with Crippen LogP contribution in [0.5, 0.6) is 0 Å². The zero-order chi connectivity index (χ0) is 21.1. The molecule has 1 N–H and O–H groups in total. The molecule has 5 nitrogen and oxygen atoms in total. The summed E-state index contributed by atoms with van der Waals surface area (Å²) in [6.45, 7) is 8.40. The summed E-state index contributed by atoms with van der Waals surface area (Å²) in [5.41, 5.74) is 3.28. The van der Waals surface area contributed by atoms with Crippen molar-refractivity contribution in [2.24, 2.45) is 0 Å². The molecule has 0 saturated heterocycles. The van der Waals surface area contributed by atoms with E-state index < -0.39 is 10.0 Å². The Morgan fingerprint density at radius 3 is 2.40 bits per heavy atom. The maximum absolute atomic E-state index is 12.9. The van der Waals surface area contributed by atoms with Gasteiger partial charge in [-0.05, 0) is 35.7 Å². The molecule has 1 unspecified atom stereocenters. The van der Waals surface area contributed by atoms with Crippen LogP contribution in [0.1, 0.15) is 11.1 Å². The highest BCUT2D eigenvalue weighted by Gasteiger charge is 2.30. The smallest absolute Gasteiger partial charge is 0.240 e. The summed E-state index contributed by atoms with van der Waals surface area (Å²) < 4.78 is 28.6. The maximum Gasteiger partial charge on any atom is 0.240 e. The zero-order valence-corrected chi connectivity index (χ0v) is 17.7. The van der Waals surface area contributed by atoms with Gasteiger partial charge in [-0.2, -0.15) is 0 Å². The van der Waals surface area contributed by atoms with Crippen LogP contribution in [0.2, 0.25) is 5.02 Å². The van der Waals surface area contributed by atoms with Crippen molar-refractivity contribution in [3.63, 3.8) is 0 Å². The molecule has 0 fully saturated rings. The number of hydrogen-bond acceptors (Lipinski definition) is 3. The first-order valence-corrected chi connectivity index (χ1v) is 11.4. The Labute approximate surface area is 181 Å². The van der Waals surface area contributed by atoms with E-state index in [-0.39, 0.29) is 10.9 Å². The fraction of sp³-hybridized carbons (Fsp3) is 0.174. The molecule has 0 radical (unpaired) electrons. The van der Waals surface area contributed by atoms with Crippen molar-refractivity contribution in [1.82, 2.24) is 4.72 Å². The molecular formula is C23H20ClN3O2S. The van der Waals surface area contributed by atoms with Gasteiger partial charge in [0.2, 0.25) is 10.0 Å². The predicted octanol–water partition coefficient (Wildman–Crippen LogP) is 4.80. The largest absolute Gasteiger partial charge is 0.364 e. The molecule has 7 heteroatoms. The van der Waals surface area contributed by atoms with Crippen LogP contribution in [0.25, 0.3) is 4.85 Å². The van der Waals surface area contributed by atoms with Gasteiger partial charge in [0.15, 0.2) is 5.69 Å². The molecule has 0 spiro atoms. The standard InChI is InChI=1S/C23H20ClN3O2S/c1-25-19-12-18-13-20(26-30(28,29)21-10-6-3-7-11-21)16-27(23(18)22(24)14-19)15-17-8-4-2-5-9-17/h2-12,14,20,26H,13,15-16H2. The summed E-state index contributed by atoms with van der Waals surface area (Å²) >= 11 is 6.54. The Bertz CT molecular complexity index is 1190. The van der Waals surface area contributed by atoms with Gasteiger partial charge < -0.3 is 4.90 Å². The monoisotopic (exact) mass is 437 g/mol. The van der Waals surface area contributed by atoms with E-state index in [2.05, 4.69) is 14.5 Å². The number of anilines is 1. The molecule has 3 aromatic rings. The van der Waals surface area contributed by atoms with Gasteiger partial charge in [0.25, 0.3) is 0 Å². The van der Waals surface area contributed by atoms with Crippen molar-refractivity contribution in [2.75, 3.05) is 11.4 Å². The summed E-state index contributed by atoms with van der Waals surface area (Å²) in [7, 11) is -3.65. The van der Waals surface area contributed by atoms with Crippen LogP contribution in [0.4, 0.5) is 11.4 Å². The zero-order valence-electron chi connectivity index (χ0n) is 16.1. The van der Waals surface area contributed by atoms with E-state index in [1.54, 1.807) is 42.5 Å². The Balaban J connectivity index is 1.68. The van der Waals surface area contributed by atoms with E-state index >= 15 is 0 Å². The van der Waals surface area contributed by atoms with Gasteiger partial charge >= 0.3 is 0 Å². The van der Waals surface area contributed by atoms with Crippen LogP contribution in [-0.4, -0.2) is 21.0 Å². The predicted molar refractivity (Wildman–Crippen MR) is 119 cm³/mol. The highest BCUT2D eigenvalue weighted by atomic mass is 35.5. The quantitative estimate of drug-likeness (QED) is 0.583. The lowest BCUT2D eigenvalue weighted by Gasteiger charge is -2.37. The first-order valence-electron chi connectivity index (χ1n) is 9.52. The molecule has 30 heavy (non-hydrogen) atoms. The number of benzene rings is 3. The lowest BCUT2D eigenvalue weighted by Crippen LogP contribution is -2.48. The summed E-state index contributed by atoms with van der Waals surface area (Å²) in [5, 5.41) is 0.513. The van der Waals surface area contributed by atoms with Gasteiger partial charge in [0, 0.05) is 19.1 Å². The number of nitrogens with zero attached hydrogens (tertiary/aromatic N) is 2. The van der Waals surface area contributed by atoms with Crippen molar-refractivity contribution in [3.8, 4) is 0 Å². The third-order valence-electron chi connectivity index (χ3n) is 5.07. The molecule has 1 heterocycles. The third-order valence-corrected chi connectivity index (χ3v) is 6.90. The van der Waals surface area contributed by atoms with E-state index in [0.717, 1.165) is 16.8 Å². The SMILES string of the molecule is [C-]#[N+]c1cc(Cl)c2c(c1)CC(NS(=O)(=O)c1ccccc1)CN2Cc1ccccc1. The van der Waals surface area contributed by atoms with Crippen molar-refractivity contribution >= 4 is 33.0 Å². The van der Waals surface area contributed by atoms with Gasteiger partial charge in [-0.25, -0.2) is 18.0 Å². The fourth-order valence-corrected chi connectivity index (χ4v) is 5.42. The molecule has 0 aromatic heterocycles. The number of sulfonamides is 1. The van der Waals surface area contributed by atoms with E-state index in [9.17, 15) is 8.42 Å². The van der Waals surface area contributed by atoms with Crippen LogP contribution in [0.3, 0.4) is 0 Å². The topological polar surface area (TPSA) is 53.8 Å². The highest BCUT2D eigenvalue weighted by Crippen LogP contribution is 2.39. The van der Waals surface area contributed by atoms with Gasteiger partial charge in [-0.3, -0.25) is 0 Å². The van der Waals surface area contributed by atoms with Gasteiger partial charge in [0.1, 0.15) is 0 Å². The van der Waals surface area contributed by atoms with Crippen molar-refractivity contribution in [3.05, 3.63) is 100 Å². The minimum atomic E-state index is -3.65. The van der Waals surface area contributed by atoms with Crippen LogP contribution < -0.4 is 9.62 Å². The summed E-state index contributed by atoms with van der Waals surface area (Å²) in [4.78, 5) is 5.82. The third kappa shape index (κ3) is 4.34. The van der Waals surface area contributed by atoms with Crippen molar-refractivity contribution in [1.29, 1.82) is 0 Å². The highest BCUT2D eigenvalue weighted by molar-refractivity contribution is 7.89. The van der Waals surface area contributed by atoms with E-state index in [4.69, 9.17) is 18.2 Å². The summed E-state index contributed by atoms with van der Waals surface area (Å²) in [5.74, 6) is 0. The van der Waals surface area contributed by atoms with E-state index in [1.807, 2.05) is 30.3 Å². The van der Waals surface area contributed by atoms with Gasteiger partial charge in [-0.1, -0.05) is 66.2 Å². The number of nitrogens with one attached hydrogen (secondary N) is 1. The van der Waals surface area contributed by atoms with Crippen LogP contribution in [0.15, 0.2) is 77.7 Å². The van der Waals surface area contributed by atoms with Crippen LogP contribution >= 0.6 is 11.6 Å². The second kappa shape index (κ2) is 8.49. The Morgan fingerprint density at radius 2 is 1.73 bits per heavy atom. The Hall–Kier alpha value is -2.85. The Morgan fingerprint density at radius 1 is 1.07 bits per heavy atom. The molecule has 152 valence electrons. The summed E-state index contributed by atoms with van der Waals surface area (Å²) in [6.07, 6.45) is 0.468. The molecule has 0 bridgehead atoms. The minimum Gasteiger partial charge on any atom is -0.364 e. The van der Waals surface area contributed by atoms with E-state index in [1.165, 1.54) is 0 Å². The maximum atomic E-state index is 12.9. The average molecular weight is 438 g/mol. The number of hydrogen-bond donors (Lipinski definition) is 1. The van der Waals surface area contributed by atoms with E-state index in [0.29, 0.717) is 30.2 Å². The molecule has 1 aliphatic heterocycles. The molecular weight excluding hydrogens is 418 g/mol. The molecule has 0 aliphatic carbocycles. The number of halogens is 1. The van der Waals surface area contributed by atoms with Crippen molar-refractivity contribution < 1.29 is 8.42 Å². The number of rotatable bonds is 5. The average Bonchev–Trinajstić information content (AvgIpc) is 2.74. The number of fused-ring (bicyclic) bond motifs is 1. The first-order chi connectivity index (χ1) is 14.5. The molecule has 1 atom stereocenters. The Kier molecular flexibility index (Phi) is 5.78. The fourth-order valence-electron chi connectivity index (χ4n) is 3.82. The molecule has 3 aromatic carbocycles. The van der Waals surface area contributed by atoms with Gasteiger partial charge in [-0.15, -0.1) is 0 Å². The normalized spacial score (nSPS) is 16.0. The second-order valence-corrected chi connectivity index (χ2v) is 9.37. The lowest BCUT2D eigenvalue weighted by molar-refractivity contribution is 0.525. The van der Waals surface area contributed by atoms with Gasteiger partial charge in [0.05, 0.1) is 22.2 Å². The summed E-state index contributed by atoms with van der Waals surface area (Å²) in [6, 6.07) is 21.4. The van der Waals surface area contributed by atoms with Crippen molar-refractivity contribution in [2.45, 2.75) is 23.9 Å². The molecule has 1 aliphatic rings. The molecule has 0 saturated carbocycles. The minimum absolute atomic E-state index is 0.235.